The molecule has 5 unspecified atom stereocenters. The fraction of sp³-hybridized carbons (Fsp3) is 0.667. The Labute approximate surface area is 201 Å². The first kappa shape index (κ1) is 28.8. The highest BCUT2D eigenvalue weighted by Gasteiger charge is 2.48. The first-order valence-electron chi connectivity index (χ1n) is 11.0. The summed E-state index contributed by atoms with van der Waals surface area (Å²) in [6, 6.07) is 2.67. The van der Waals surface area contributed by atoms with E-state index in [2.05, 4.69) is 20.9 Å². The summed E-state index contributed by atoms with van der Waals surface area (Å²) in [5.74, 6) is -0.658. The number of hydrogen-bond donors (Lipinski definition) is 9. The maximum absolute atomic E-state index is 11.8. The third-order valence-electron chi connectivity index (χ3n) is 5.41. The fourth-order valence-corrected chi connectivity index (χ4v) is 3.67. The number of aliphatic hydroxyl groups excluding tert-OH is 6. The largest absolute Gasteiger partial charge is 0.394 e. The lowest BCUT2D eigenvalue weighted by atomic mass is 9.96. The highest BCUT2D eigenvalue weighted by atomic mass is 16.7. The quantitative estimate of drug-likeness (QED) is 0.134. The third-order valence-corrected chi connectivity index (χ3v) is 5.41. The molecule has 1 fully saturated rings. The lowest BCUT2D eigenvalue weighted by Crippen LogP contribution is -2.66. The number of hydrogen-bond acceptors (Lipinski definition) is 12. The molecule has 1 aliphatic rings. The van der Waals surface area contributed by atoms with Gasteiger partial charge >= 0.3 is 0 Å². The van der Waals surface area contributed by atoms with Crippen LogP contribution < -0.4 is 16.0 Å². The van der Waals surface area contributed by atoms with Gasteiger partial charge in [0.1, 0.15) is 48.5 Å². The van der Waals surface area contributed by atoms with E-state index in [0.29, 0.717) is 5.82 Å². The maximum atomic E-state index is 11.8. The minimum Gasteiger partial charge on any atom is -0.394 e. The predicted molar refractivity (Wildman–Crippen MR) is 120 cm³/mol. The maximum Gasteiger partial charge on any atom is 0.217 e. The van der Waals surface area contributed by atoms with Crippen LogP contribution in [0.3, 0.4) is 0 Å². The number of anilines is 1. The van der Waals surface area contributed by atoms with Crippen molar-refractivity contribution in [1.29, 1.82) is 0 Å². The molecular formula is C21H34N4O10. The Bertz CT molecular complexity index is 804. The van der Waals surface area contributed by atoms with Crippen molar-refractivity contribution in [2.24, 2.45) is 0 Å². The van der Waals surface area contributed by atoms with Crippen molar-refractivity contribution in [1.82, 2.24) is 15.6 Å². The summed E-state index contributed by atoms with van der Waals surface area (Å²) in [6.07, 6.45) is -9.46. The van der Waals surface area contributed by atoms with E-state index >= 15 is 0 Å². The zero-order valence-corrected chi connectivity index (χ0v) is 19.4. The van der Waals surface area contributed by atoms with Gasteiger partial charge in [0.05, 0.1) is 19.3 Å². The monoisotopic (exact) mass is 502 g/mol. The number of carbonyl (C=O) groups is 2. The smallest absolute Gasteiger partial charge is 0.217 e. The number of aliphatic hydroxyl groups is 6. The highest BCUT2D eigenvalue weighted by molar-refractivity contribution is 5.73. The Balaban J connectivity index is 2.28. The van der Waals surface area contributed by atoms with Crippen LogP contribution in [0.4, 0.5) is 5.82 Å². The number of aromatic nitrogens is 1. The van der Waals surface area contributed by atoms with Crippen LogP contribution in [0, 0.1) is 0 Å². The SMILES string of the molecule is CC(=O)NC(CNc1ccccn1)[C@@H](O)C(O[C@@H]1OC(CO)[C@H](O)[C@H](O)C1NC(C)=O)C(O)CO. The van der Waals surface area contributed by atoms with Crippen LogP contribution >= 0.6 is 0 Å². The van der Waals surface area contributed by atoms with Gasteiger partial charge in [0, 0.05) is 26.6 Å². The predicted octanol–water partition coefficient (Wildman–Crippen LogP) is -3.96. The molecule has 0 bridgehead atoms. The molecule has 9 N–H and O–H groups in total. The number of amides is 2. The Morgan fingerprint density at radius 1 is 1.14 bits per heavy atom. The molecule has 14 heteroatoms. The van der Waals surface area contributed by atoms with Crippen LogP contribution in [-0.4, -0.2) is 122 Å². The molecule has 1 aromatic rings. The van der Waals surface area contributed by atoms with Crippen molar-refractivity contribution in [3.05, 3.63) is 24.4 Å². The van der Waals surface area contributed by atoms with Crippen LogP contribution in [-0.2, 0) is 19.1 Å². The number of nitrogens with zero attached hydrogens (tertiary/aromatic N) is 1. The normalized spacial score (nSPS) is 27.8. The molecule has 2 rings (SSSR count). The summed E-state index contributed by atoms with van der Waals surface area (Å²) in [5.41, 5.74) is 0. The van der Waals surface area contributed by atoms with E-state index in [-0.39, 0.29) is 6.54 Å². The van der Waals surface area contributed by atoms with Crippen molar-refractivity contribution in [2.45, 2.75) is 68.8 Å². The average molecular weight is 503 g/mol. The van der Waals surface area contributed by atoms with Crippen LogP contribution in [0.1, 0.15) is 13.8 Å². The molecular weight excluding hydrogens is 468 g/mol. The molecule has 0 spiro atoms. The van der Waals surface area contributed by atoms with Crippen LogP contribution in [0.5, 0.6) is 0 Å². The van der Waals surface area contributed by atoms with E-state index in [9.17, 15) is 40.2 Å². The first-order valence-corrected chi connectivity index (χ1v) is 11.0. The number of ether oxygens (including phenoxy) is 2. The summed E-state index contributed by atoms with van der Waals surface area (Å²) in [5, 5.41) is 69.0. The van der Waals surface area contributed by atoms with Crippen LogP contribution in [0.2, 0.25) is 0 Å². The summed E-state index contributed by atoms with van der Waals surface area (Å²) in [6.45, 7) is 0.757. The molecule has 0 radical (unpaired) electrons. The molecule has 9 atom stereocenters. The van der Waals surface area contributed by atoms with Gasteiger partial charge in [0.25, 0.3) is 0 Å². The molecule has 0 aromatic carbocycles. The zero-order chi connectivity index (χ0) is 26.1. The molecule has 1 aromatic heterocycles. The second-order valence-corrected chi connectivity index (χ2v) is 8.18. The van der Waals surface area contributed by atoms with E-state index in [0.717, 1.165) is 6.92 Å². The minimum atomic E-state index is -1.69. The van der Waals surface area contributed by atoms with Crippen molar-refractivity contribution < 1.29 is 49.7 Å². The fourth-order valence-electron chi connectivity index (χ4n) is 3.67. The van der Waals surface area contributed by atoms with Gasteiger partial charge in [-0.25, -0.2) is 4.98 Å². The second kappa shape index (κ2) is 13.6. The lowest BCUT2D eigenvalue weighted by Gasteiger charge is -2.44. The summed E-state index contributed by atoms with van der Waals surface area (Å²) >= 11 is 0. The van der Waals surface area contributed by atoms with Crippen molar-refractivity contribution in [2.75, 3.05) is 25.1 Å². The van der Waals surface area contributed by atoms with E-state index in [1.807, 2.05) is 0 Å². The van der Waals surface area contributed by atoms with Crippen LogP contribution in [0.15, 0.2) is 24.4 Å². The molecule has 198 valence electrons. The van der Waals surface area contributed by atoms with Gasteiger partial charge in [-0.2, -0.15) is 0 Å². The Morgan fingerprint density at radius 3 is 2.40 bits per heavy atom. The number of carbonyl (C=O) groups excluding carboxylic acids is 2. The van der Waals surface area contributed by atoms with E-state index in [4.69, 9.17) is 9.47 Å². The molecule has 1 aliphatic heterocycles. The van der Waals surface area contributed by atoms with Gasteiger partial charge in [0.15, 0.2) is 6.29 Å². The van der Waals surface area contributed by atoms with E-state index in [1.54, 1.807) is 18.2 Å². The second-order valence-electron chi connectivity index (χ2n) is 8.18. The van der Waals surface area contributed by atoms with E-state index in [1.165, 1.54) is 13.1 Å². The van der Waals surface area contributed by atoms with Crippen molar-refractivity contribution >= 4 is 17.6 Å². The van der Waals surface area contributed by atoms with E-state index < -0.39 is 80.0 Å². The Hall–Kier alpha value is -2.43. The van der Waals surface area contributed by atoms with Gasteiger partial charge in [-0.3, -0.25) is 9.59 Å². The molecule has 0 aliphatic carbocycles. The topological polar surface area (TPSA) is 223 Å². The minimum absolute atomic E-state index is 0.0585. The Morgan fingerprint density at radius 2 is 1.86 bits per heavy atom. The molecule has 35 heavy (non-hydrogen) atoms. The first-order chi connectivity index (χ1) is 16.6. The third kappa shape index (κ3) is 8.05. The number of rotatable bonds is 12. The standard InChI is InChI=1S/C21H34N4O10/c1-10(28)24-12(7-23-15-5-3-4-6-22-15)17(31)20(13(30)8-26)35-21-16(25-11(2)29)19(33)18(32)14(9-27)34-21/h3-6,12-14,16-21,26-27,30-33H,7-9H2,1-2H3,(H,22,23)(H,24,28)(H,25,29)/t12?,13?,14?,16?,17-,18+,19-,20?,21+/m1/s1. The lowest BCUT2D eigenvalue weighted by molar-refractivity contribution is -0.299. The molecule has 2 amide bonds. The number of nitrogens with one attached hydrogen (secondary N) is 3. The van der Waals surface area contributed by atoms with Crippen molar-refractivity contribution in [3.8, 4) is 0 Å². The van der Waals surface area contributed by atoms with Crippen molar-refractivity contribution in [3.63, 3.8) is 0 Å². The summed E-state index contributed by atoms with van der Waals surface area (Å²) < 4.78 is 11.2. The van der Waals surface area contributed by atoms with Crippen LogP contribution in [0.25, 0.3) is 0 Å². The van der Waals surface area contributed by atoms with Gasteiger partial charge in [-0.05, 0) is 12.1 Å². The average Bonchev–Trinajstić information content (AvgIpc) is 2.83. The van der Waals surface area contributed by atoms with Gasteiger partial charge < -0.3 is 56.1 Å². The Kier molecular flexibility index (Phi) is 11.2. The molecule has 0 saturated carbocycles. The highest BCUT2D eigenvalue weighted by Crippen LogP contribution is 2.25. The summed E-state index contributed by atoms with van der Waals surface area (Å²) in [4.78, 5) is 27.5. The van der Waals surface area contributed by atoms with Gasteiger partial charge in [-0.1, -0.05) is 6.07 Å². The summed E-state index contributed by atoms with van der Waals surface area (Å²) in [7, 11) is 0. The number of pyridine rings is 1. The zero-order valence-electron chi connectivity index (χ0n) is 19.4. The molecule has 1 saturated heterocycles. The van der Waals surface area contributed by atoms with Gasteiger partial charge in [-0.15, -0.1) is 0 Å². The molecule has 2 heterocycles. The van der Waals surface area contributed by atoms with Gasteiger partial charge in [0.2, 0.25) is 11.8 Å². The molecule has 14 nitrogen and oxygen atoms in total.